The largest absolute Gasteiger partial charge is 0.396 e. The van der Waals surface area contributed by atoms with Crippen molar-refractivity contribution in [2.45, 2.75) is 18.6 Å². The molecule has 1 aromatic heterocycles. The smallest absolute Gasteiger partial charge is 0.106 e. The Bertz CT molecular complexity index is 295. The molecule has 5 heteroatoms. The Kier molecular flexibility index (Phi) is 4.47. The van der Waals surface area contributed by atoms with Gasteiger partial charge in [0, 0.05) is 12.8 Å². The number of aliphatic hydroxyl groups is 3. The van der Waals surface area contributed by atoms with Gasteiger partial charge in [0.1, 0.15) is 10.7 Å². The summed E-state index contributed by atoms with van der Waals surface area (Å²) in [6.45, 7) is -0.148. The third-order valence-electron chi connectivity index (χ3n) is 1.88. The van der Waals surface area contributed by atoms with E-state index in [1.165, 1.54) is 6.20 Å². The third kappa shape index (κ3) is 3.02. The molecule has 0 bridgehead atoms. The maximum atomic E-state index is 9.63. The number of pyridine rings is 1. The molecule has 0 aromatic carbocycles. The van der Waals surface area contributed by atoms with Gasteiger partial charge in [0.25, 0.3) is 0 Å². The van der Waals surface area contributed by atoms with Gasteiger partial charge >= 0.3 is 0 Å². The fraction of sp³-hybridized carbons (Fsp3) is 0.444. The van der Waals surface area contributed by atoms with Crippen LogP contribution in [-0.2, 0) is 0 Å². The lowest BCUT2D eigenvalue weighted by Crippen LogP contribution is -2.19. The summed E-state index contributed by atoms with van der Waals surface area (Å²) in [6, 6.07) is 3.25. The molecule has 0 amide bonds. The average molecular weight is 262 g/mol. The van der Waals surface area contributed by atoms with Crippen LogP contribution in [0.3, 0.4) is 0 Å². The minimum atomic E-state index is -0.985. The van der Waals surface area contributed by atoms with Crippen LogP contribution in [0.25, 0.3) is 0 Å². The predicted molar refractivity (Wildman–Crippen MR) is 54.6 cm³/mol. The minimum absolute atomic E-state index is 0.148. The van der Waals surface area contributed by atoms with Gasteiger partial charge in [-0.05, 0) is 40.0 Å². The van der Waals surface area contributed by atoms with Gasteiger partial charge < -0.3 is 15.3 Å². The lowest BCUT2D eigenvalue weighted by molar-refractivity contribution is 0.00414. The van der Waals surface area contributed by atoms with Crippen molar-refractivity contribution in [2.24, 2.45) is 0 Å². The normalized spacial score (nSPS) is 15.1. The van der Waals surface area contributed by atoms with Crippen LogP contribution >= 0.6 is 15.9 Å². The zero-order chi connectivity index (χ0) is 10.6. The standard InChI is InChI=1S/C9H12BrNO3/c10-8-5-6(1-3-11-8)9(14)7(13)2-4-12/h1,3,5,7,9,12-14H,2,4H2. The fourth-order valence-corrected chi connectivity index (χ4v) is 1.50. The lowest BCUT2D eigenvalue weighted by atomic mass is 10.0. The Hall–Kier alpha value is -0.490. The van der Waals surface area contributed by atoms with Crippen LogP contribution in [-0.4, -0.2) is 33.0 Å². The molecule has 0 saturated heterocycles. The maximum Gasteiger partial charge on any atom is 0.106 e. The second-order valence-electron chi connectivity index (χ2n) is 2.94. The van der Waals surface area contributed by atoms with Gasteiger partial charge in [-0.2, -0.15) is 0 Å². The Balaban J connectivity index is 2.73. The van der Waals surface area contributed by atoms with Crippen molar-refractivity contribution in [2.75, 3.05) is 6.61 Å². The van der Waals surface area contributed by atoms with Crippen molar-refractivity contribution >= 4 is 15.9 Å². The van der Waals surface area contributed by atoms with Crippen LogP contribution in [0.5, 0.6) is 0 Å². The molecule has 1 heterocycles. The summed E-state index contributed by atoms with van der Waals surface area (Å²) in [5, 5.41) is 27.6. The van der Waals surface area contributed by atoms with Crippen molar-refractivity contribution in [3.63, 3.8) is 0 Å². The molecule has 0 radical (unpaired) electrons. The van der Waals surface area contributed by atoms with Gasteiger partial charge in [0.2, 0.25) is 0 Å². The molecule has 2 unspecified atom stereocenters. The van der Waals surface area contributed by atoms with Gasteiger partial charge in [0.05, 0.1) is 6.10 Å². The van der Waals surface area contributed by atoms with E-state index in [9.17, 15) is 10.2 Å². The number of rotatable bonds is 4. The maximum absolute atomic E-state index is 9.63. The van der Waals surface area contributed by atoms with Gasteiger partial charge in [-0.1, -0.05) is 0 Å². The van der Waals surface area contributed by atoms with Crippen LogP contribution in [0, 0.1) is 0 Å². The molecular formula is C9H12BrNO3. The highest BCUT2D eigenvalue weighted by Crippen LogP contribution is 2.20. The topological polar surface area (TPSA) is 73.6 Å². The number of aliphatic hydroxyl groups excluding tert-OH is 3. The molecule has 1 aromatic rings. The summed E-state index contributed by atoms with van der Waals surface area (Å²) in [6.07, 6.45) is -0.245. The monoisotopic (exact) mass is 261 g/mol. The quantitative estimate of drug-likeness (QED) is 0.695. The van der Waals surface area contributed by atoms with Crippen molar-refractivity contribution in [1.82, 2.24) is 4.98 Å². The molecule has 0 saturated carbocycles. The first-order valence-corrected chi connectivity index (χ1v) is 5.03. The van der Waals surface area contributed by atoms with E-state index in [1.54, 1.807) is 12.1 Å². The molecule has 0 spiro atoms. The molecule has 1 rings (SSSR count). The highest BCUT2D eigenvalue weighted by Gasteiger charge is 2.17. The van der Waals surface area contributed by atoms with E-state index in [4.69, 9.17) is 5.11 Å². The second-order valence-corrected chi connectivity index (χ2v) is 3.75. The molecule has 0 aliphatic heterocycles. The minimum Gasteiger partial charge on any atom is -0.396 e. The third-order valence-corrected chi connectivity index (χ3v) is 2.32. The molecular weight excluding hydrogens is 250 g/mol. The molecule has 0 aliphatic rings. The summed E-state index contributed by atoms with van der Waals surface area (Å²) < 4.78 is 0.602. The summed E-state index contributed by atoms with van der Waals surface area (Å²) in [5.41, 5.74) is 0.577. The zero-order valence-electron chi connectivity index (χ0n) is 7.47. The lowest BCUT2D eigenvalue weighted by Gasteiger charge is -2.16. The van der Waals surface area contributed by atoms with Crippen molar-refractivity contribution in [1.29, 1.82) is 0 Å². The number of hydrogen-bond donors (Lipinski definition) is 3. The Morgan fingerprint density at radius 3 is 2.71 bits per heavy atom. The van der Waals surface area contributed by atoms with Gasteiger partial charge in [-0.15, -0.1) is 0 Å². The van der Waals surface area contributed by atoms with E-state index in [2.05, 4.69) is 20.9 Å². The first-order valence-electron chi connectivity index (χ1n) is 4.23. The van der Waals surface area contributed by atoms with Crippen LogP contribution in [0.15, 0.2) is 22.9 Å². The molecule has 0 fully saturated rings. The molecule has 3 N–H and O–H groups in total. The molecule has 14 heavy (non-hydrogen) atoms. The Morgan fingerprint density at radius 2 is 2.14 bits per heavy atom. The predicted octanol–water partition coefficient (Wildman–Crippen LogP) is 0.621. The van der Waals surface area contributed by atoms with Gasteiger partial charge in [0.15, 0.2) is 0 Å². The number of aromatic nitrogens is 1. The summed E-state index contributed by atoms with van der Waals surface area (Å²) in [5.74, 6) is 0. The van der Waals surface area contributed by atoms with E-state index in [1.807, 2.05) is 0 Å². The Labute approximate surface area is 90.4 Å². The van der Waals surface area contributed by atoms with E-state index in [0.29, 0.717) is 10.2 Å². The van der Waals surface area contributed by atoms with Crippen LogP contribution in [0.1, 0.15) is 18.1 Å². The van der Waals surface area contributed by atoms with Crippen LogP contribution < -0.4 is 0 Å². The first-order chi connectivity index (χ1) is 6.65. The van der Waals surface area contributed by atoms with Crippen LogP contribution in [0.2, 0.25) is 0 Å². The van der Waals surface area contributed by atoms with Gasteiger partial charge in [-0.25, -0.2) is 4.98 Å². The van der Waals surface area contributed by atoms with Crippen molar-refractivity contribution in [3.8, 4) is 0 Å². The second kappa shape index (κ2) is 5.41. The summed E-state index contributed by atoms with van der Waals surface area (Å²) in [7, 11) is 0. The van der Waals surface area contributed by atoms with Crippen molar-refractivity contribution in [3.05, 3.63) is 28.5 Å². The van der Waals surface area contributed by atoms with Gasteiger partial charge in [-0.3, -0.25) is 0 Å². The highest BCUT2D eigenvalue weighted by atomic mass is 79.9. The molecule has 0 aliphatic carbocycles. The molecule has 78 valence electrons. The van der Waals surface area contributed by atoms with E-state index >= 15 is 0 Å². The number of halogens is 1. The Morgan fingerprint density at radius 1 is 1.43 bits per heavy atom. The fourth-order valence-electron chi connectivity index (χ4n) is 1.11. The average Bonchev–Trinajstić information content (AvgIpc) is 2.17. The van der Waals surface area contributed by atoms with Crippen LogP contribution in [0.4, 0.5) is 0 Å². The zero-order valence-corrected chi connectivity index (χ0v) is 9.05. The number of nitrogens with zero attached hydrogens (tertiary/aromatic N) is 1. The van der Waals surface area contributed by atoms with E-state index in [-0.39, 0.29) is 13.0 Å². The number of hydrogen-bond acceptors (Lipinski definition) is 4. The SMILES string of the molecule is OCCC(O)C(O)c1ccnc(Br)c1. The van der Waals surface area contributed by atoms with E-state index < -0.39 is 12.2 Å². The highest BCUT2D eigenvalue weighted by molar-refractivity contribution is 9.10. The van der Waals surface area contributed by atoms with Crippen molar-refractivity contribution < 1.29 is 15.3 Å². The molecule has 4 nitrogen and oxygen atoms in total. The summed E-state index contributed by atoms with van der Waals surface area (Å²) in [4.78, 5) is 3.90. The first kappa shape index (κ1) is 11.6. The molecule has 2 atom stereocenters. The van der Waals surface area contributed by atoms with E-state index in [0.717, 1.165) is 0 Å². The summed E-state index contributed by atoms with van der Waals surface area (Å²) >= 11 is 3.17.